The molecule has 0 saturated heterocycles. The average molecular weight is 243 g/mol. The molecule has 18 heavy (non-hydrogen) atoms. The molecule has 0 fully saturated rings. The Hall–Kier alpha value is -2.43. The summed E-state index contributed by atoms with van der Waals surface area (Å²) >= 11 is 0. The standard InChI is InChI=1S/C13H10FN3O/c1-18-11-4-2-3-9(14)13(11)10-8-17-6-5-15-7-12(17)16-10/h2-8H,1H3. The molecule has 0 aliphatic heterocycles. The third-order valence-corrected chi connectivity index (χ3v) is 2.72. The van der Waals surface area contributed by atoms with Crippen LogP contribution >= 0.6 is 0 Å². The number of benzene rings is 1. The molecule has 2 heterocycles. The van der Waals surface area contributed by atoms with Crippen LogP contribution in [0.5, 0.6) is 5.75 Å². The van der Waals surface area contributed by atoms with Gasteiger partial charge in [0.25, 0.3) is 0 Å². The van der Waals surface area contributed by atoms with Crippen LogP contribution in [0.15, 0.2) is 43.0 Å². The molecule has 0 amide bonds. The minimum atomic E-state index is -0.356. The van der Waals surface area contributed by atoms with Gasteiger partial charge in [0, 0.05) is 18.6 Å². The Labute approximate surface area is 103 Å². The highest BCUT2D eigenvalue weighted by molar-refractivity contribution is 5.69. The van der Waals surface area contributed by atoms with E-state index in [1.807, 2.05) is 0 Å². The highest BCUT2D eigenvalue weighted by atomic mass is 19.1. The molecule has 1 aromatic carbocycles. The summed E-state index contributed by atoms with van der Waals surface area (Å²) in [6.07, 6.45) is 6.78. The van der Waals surface area contributed by atoms with E-state index >= 15 is 0 Å². The van der Waals surface area contributed by atoms with Gasteiger partial charge in [-0.15, -0.1) is 0 Å². The minimum Gasteiger partial charge on any atom is -0.496 e. The number of hydrogen-bond donors (Lipinski definition) is 0. The highest BCUT2D eigenvalue weighted by Gasteiger charge is 2.14. The first-order valence-electron chi connectivity index (χ1n) is 5.41. The van der Waals surface area contributed by atoms with E-state index in [9.17, 15) is 4.39 Å². The van der Waals surface area contributed by atoms with E-state index in [0.717, 1.165) is 0 Å². The summed E-state index contributed by atoms with van der Waals surface area (Å²) in [5.74, 6) is 0.108. The van der Waals surface area contributed by atoms with Crippen LogP contribution in [0.3, 0.4) is 0 Å². The molecule has 2 aromatic heterocycles. The van der Waals surface area contributed by atoms with Gasteiger partial charge in [-0.25, -0.2) is 9.37 Å². The molecule has 5 heteroatoms. The summed E-state index contributed by atoms with van der Waals surface area (Å²) in [6, 6.07) is 4.70. The third-order valence-electron chi connectivity index (χ3n) is 2.72. The zero-order valence-corrected chi connectivity index (χ0v) is 9.67. The molecular weight excluding hydrogens is 233 g/mol. The summed E-state index contributed by atoms with van der Waals surface area (Å²) in [4.78, 5) is 8.31. The number of methoxy groups -OCH3 is 1. The number of aromatic nitrogens is 3. The molecule has 0 atom stereocenters. The molecule has 0 bridgehead atoms. The van der Waals surface area contributed by atoms with Crippen molar-refractivity contribution in [3.63, 3.8) is 0 Å². The number of nitrogens with zero attached hydrogens (tertiary/aromatic N) is 3. The number of ether oxygens (including phenoxy) is 1. The van der Waals surface area contributed by atoms with Crippen molar-refractivity contribution in [1.29, 1.82) is 0 Å². The molecule has 3 aromatic rings. The Kier molecular flexibility index (Phi) is 2.44. The lowest BCUT2D eigenvalue weighted by Gasteiger charge is -2.06. The normalized spacial score (nSPS) is 10.8. The van der Waals surface area contributed by atoms with E-state index in [2.05, 4.69) is 9.97 Å². The maximum atomic E-state index is 13.9. The lowest BCUT2D eigenvalue weighted by atomic mass is 10.1. The molecule has 0 radical (unpaired) electrons. The number of hydrogen-bond acceptors (Lipinski definition) is 3. The zero-order chi connectivity index (χ0) is 12.5. The maximum absolute atomic E-state index is 13.9. The van der Waals surface area contributed by atoms with Gasteiger partial charge in [-0.05, 0) is 12.1 Å². The van der Waals surface area contributed by atoms with Gasteiger partial charge in [-0.3, -0.25) is 4.98 Å². The quantitative estimate of drug-likeness (QED) is 0.694. The smallest absolute Gasteiger partial charge is 0.155 e. The molecule has 4 nitrogen and oxygen atoms in total. The fraction of sp³-hybridized carbons (Fsp3) is 0.0769. The minimum absolute atomic E-state index is 0.356. The van der Waals surface area contributed by atoms with Crippen LogP contribution in [0.4, 0.5) is 4.39 Å². The van der Waals surface area contributed by atoms with E-state index in [1.165, 1.54) is 13.2 Å². The van der Waals surface area contributed by atoms with Crippen molar-refractivity contribution in [3.05, 3.63) is 48.8 Å². The fourth-order valence-corrected chi connectivity index (χ4v) is 1.89. The molecule has 0 unspecified atom stereocenters. The van der Waals surface area contributed by atoms with Crippen LogP contribution in [0.1, 0.15) is 0 Å². The van der Waals surface area contributed by atoms with Crippen LogP contribution in [0, 0.1) is 5.82 Å². The van der Waals surface area contributed by atoms with Gasteiger partial charge in [0.15, 0.2) is 5.65 Å². The lowest BCUT2D eigenvalue weighted by molar-refractivity contribution is 0.413. The summed E-state index contributed by atoms with van der Waals surface area (Å²) in [7, 11) is 1.51. The number of fused-ring (bicyclic) bond motifs is 1. The van der Waals surface area contributed by atoms with E-state index in [1.54, 1.807) is 41.3 Å². The number of rotatable bonds is 2. The van der Waals surface area contributed by atoms with E-state index in [4.69, 9.17) is 4.74 Å². The number of imidazole rings is 1. The zero-order valence-electron chi connectivity index (χ0n) is 9.67. The van der Waals surface area contributed by atoms with Crippen molar-refractivity contribution in [2.75, 3.05) is 7.11 Å². The van der Waals surface area contributed by atoms with Crippen molar-refractivity contribution in [1.82, 2.24) is 14.4 Å². The monoisotopic (exact) mass is 243 g/mol. The van der Waals surface area contributed by atoms with Crippen LogP contribution in [0.2, 0.25) is 0 Å². The Morgan fingerprint density at radius 2 is 2.22 bits per heavy atom. The van der Waals surface area contributed by atoms with Crippen molar-refractivity contribution >= 4 is 5.65 Å². The highest BCUT2D eigenvalue weighted by Crippen LogP contribution is 2.31. The van der Waals surface area contributed by atoms with Gasteiger partial charge in [-0.1, -0.05) is 6.07 Å². The second-order valence-corrected chi connectivity index (χ2v) is 3.79. The van der Waals surface area contributed by atoms with E-state index < -0.39 is 0 Å². The van der Waals surface area contributed by atoms with Gasteiger partial charge in [-0.2, -0.15) is 0 Å². The molecule has 3 rings (SSSR count). The SMILES string of the molecule is COc1cccc(F)c1-c1cn2ccncc2n1. The Morgan fingerprint density at radius 3 is 3.00 bits per heavy atom. The van der Waals surface area contributed by atoms with Gasteiger partial charge in [0.1, 0.15) is 11.6 Å². The van der Waals surface area contributed by atoms with Crippen molar-refractivity contribution in [2.45, 2.75) is 0 Å². The summed E-state index contributed by atoms with van der Waals surface area (Å²) in [6.45, 7) is 0. The predicted octanol–water partition coefficient (Wildman–Crippen LogP) is 2.54. The average Bonchev–Trinajstić information content (AvgIpc) is 2.81. The summed E-state index contributed by atoms with van der Waals surface area (Å²) in [5, 5.41) is 0. The first-order chi connectivity index (χ1) is 8.79. The molecule has 0 spiro atoms. The van der Waals surface area contributed by atoms with Crippen LogP contribution in [-0.4, -0.2) is 21.5 Å². The third kappa shape index (κ3) is 1.60. The van der Waals surface area contributed by atoms with E-state index in [0.29, 0.717) is 22.7 Å². The van der Waals surface area contributed by atoms with Crippen LogP contribution < -0.4 is 4.74 Å². The van der Waals surface area contributed by atoms with Crippen molar-refractivity contribution in [3.8, 4) is 17.0 Å². The molecule has 0 aliphatic carbocycles. The summed E-state index contributed by atoms with van der Waals surface area (Å²) < 4.78 is 20.9. The molecular formula is C13H10FN3O. The Bertz CT molecular complexity index is 675. The first-order valence-corrected chi connectivity index (χ1v) is 5.41. The van der Waals surface area contributed by atoms with Gasteiger partial charge < -0.3 is 9.14 Å². The molecule has 90 valence electrons. The second-order valence-electron chi connectivity index (χ2n) is 3.79. The van der Waals surface area contributed by atoms with E-state index in [-0.39, 0.29) is 5.82 Å². The van der Waals surface area contributed by atoms with Gasteiger partial charge >= 0.3 is 0 Å². The number of halogens is 1. The topological polar surface area (TPSA) is 39.4 Å². The first kappa shape index (κ1) is 10.7. The summed E-state index contributed by atoms with van der Waals surface area (Å²) in [5.41, 5.74) is 1.56. The van der Waals surface area contributed by atoms with Crippen LogP contribution in [-0.2, 0) is 0 Å². The van der Waals surface area contributed by atoms with Crippen molar-refractivity contribution in [2.24, 2.45) is 0 Å². The molecule has 0 N–H and O–H groups in total. The second kappa shape index (κ2) is 4.10. The molecule has 0 saturated carbocycles. The Balaban J connectivity index is 2.25. The largest absolute Gasteiger partial charge is 0.496 e. The van der Waals surface area contributed by atoms with Gasteiger partial charge in [0.2, 0.25) is 0 Å². The maximum Gasteiger partial charge on any atom is 0.155 e. The fourth-order valence-electron chi connectivity index (χ4n) is 1.89. The van der Waals surface area contributed by atoms with Crippen molar-refractivity contribution < 1.29 is 9.13 Å². The predicted molar refractivity (Wildman–Crippen MR) is 64.9 cm³/mol. The lowest BCUT2D eigenvalue weighted by Crippen LogP contribution is -1.91. The molecule has 0 aliphatic rings. The Morgan fingerprint density at radius 1 is 1.33 bits per heavy atom. The van der Waals surface area contributed by atoms with Crippen LogP contribution in [0.25, 0.3) is 16.9 Å². The van der Waals surface area contributed by atoms with Gasteiger partial charge in [0.05, 0.1) is 24.6 Å².